The molecule has 1 unspecified atom stereocenters. The number of halogens is 3. The minimum Gasteiger partial charge on any atom is -0.351 e. The van der Waals surface area contributed by atoms with Crippen molar-refractivity contribution in [1.82, 2.24) is 4.90 Å². The topological polar surface area (TPSA) is 3.24 Å². The number of rotatable bonds is 1. The van der Waals surface area contributed by atoms with Gasteiger partial charge in [0.05, 0.1) is 0 Å². The van der Waals surface area contributed by atoms with Crippen LogP contribution in [0, 0.1) is 6.92 Å². The first-order chi connectivity index (χ1) is 11.6. The van der Waals surface area contributed by atoms with Crippen LogP contribution in [-0.4, -0.2) is 16.6 Å². The third-order valence-electron chi connectivity index (χ3n) is 4.48. The van der Waals surface area contributed by atoms with Gasteiger partial charge in [0.1, 0.15) is 0 Å². The van der Waals surface area contributed by atoms with E-state index >= 15 is 0 Å². The van der Waals surface area contributed by atoms with Gasteiger partial charge in [-0.25, -0.2) is 0 Å². The second-order valence-corrected chi connectivity index (χ2v) is 7.51. The summed E-state index contributed by atoms with van der Waals surface area (Å²) in [5, 5.41) is 0. The average Bonchev–Trinajstić information content (AvgIpc) is 2.52. The quantitative estimate of drug-likeness (QED) is 0.594. The maximum absolute atomic E-state index is 14.1. The van der Waals surface area contributed by atoms with E-state index in [-0.39, 0.29) is 0 Å². The predicted octanol–water partition coefficient (Wildman–Crippen LogP) is 6.21. The molecule has 0 aliphatic carbocycles. The molecule has 25 heavy (non-hydrogen) atoms. The van der Waals surface area contributed by atoms with Gasteiger partial charge < -0.3 is 4.90 Å². The zero-order valence-electron chi connectivity index (χ0n) is 14.9. The largest absolute Gasteiger partial charge is 0.413 e. The van der Waals surface area contributed by atoms with Crippen molar-refractivity contribution >= 4 is 11.8 Å². The number of fused-ring (bicyclic) bond motifs is 1. The molecule has 1 aliphatic rings. The number of nitrogens with zero attached hydrogens (tertiary/aromatic N) is 1. The normalized spacial score (nSPS) is 18.0. The maximum atomic E-state index is 14.1. The number of aryl methyl sites for hydroxylation is 1. The molecule has 0 fully saturated rings. The summed E-state index contributed by atoms with van der Waals surface area (Å²) in [6.07, 6.45) is -2.50. The Morgan fingerprint density at radius 2 is 1.48 bits per heavy atom. The standard InChI is InChI=1S/C21H22F3N/c1-14-9-11-15(12-10-14)18-13-16-7-5-6-8-17(16)19(21(22,23)24)25(18)20(2,3)4/h5-13,19H,1-4H3. The molecule has 1 heterocycles. The molecule has 0 amide bonds. The molecule has 2 aromatic rings. The fourth-order valence-corrected chi connectivity index (χ4v) is 3.40. The highest BCUT2D eigenvalue weighted by Gasteiger charge is 2.50. The van der Waals surface area contributed by atoms with Crippen molar-refractivity contribution in [3.05, 3.63) is 70.8 Å². The predicted molar refractivity (Wildman–Crippen MR) is 95.9 cm³/mol. The number of hydrogen-bond donors (Lipinski definition) is 0. The van der Waals surface area contributed by atoms with Crippen LogP contribution in [0.15, 0.2) is 48.5 Å². The first-order valence-corrected chi connectivity index (χ1v) is 8.33. The Bertz CT molecular complexity index is 795. The second-order valence-electron chi connectivity index (χ2n) is 7.51. The van der Waals surface area contributed by atoms with Crippen molar-refractivity contribution in [2.24, 2.45) is 0 Å². The van der Waals surface area contributed by atoms with Crippen LogP contribution in [0.2, 0.25) is 0 Å². The summed E-state index contributed by atoms with van der Waals surface area (Å²) in [6, 6.07) is 12.8. The second kappa shape index (κ2) is 5.94. The van der Waals surface area contributed by atoms with Crippen molar-refractivity contribution in [2.45, 2.75) is 45.5 Å². The molecular formula is C21H22F3N. The molecule has 0 spiro atoms. The highest BCUT2D eigenvalue weighted by Crippen LogP contribution is 2.49. The lowest BCUT2D eigenvalue weighted by atomic mass is 9.87. The van der Waals surface area contributed by atoms with Crippen molar-refractivity contribution < 1.29 is 13.2 Å². The Balaban J connectivity index is 2.27. The van der Waals surface area contributed by atoms with Gasteiger partial charge in [0.2, 0.25) is 0 Å². The van der Waals surface area contributed by atoms with Gasteiger partial charge in [-0.15, -0.1) is 0 Å². The van der Waals surface area contributed by atoms with Gasteiger partial charge in [-0.2, -0.15) is 13.2 Å². The van der Waals surface area contributed by atoms with E-state index in [4.69, 9.17) is 0 Å². The summed E-state index contributed by atoms with van der Waals surface area (Å²) in [5.41, 5.74) is 2.72. The third-order valence-corrected chi connectivity index (χ3v) is 4.48. The Morgan fingerprint density at radius 1 is 0.880 bits per heavy atom. The minimum absolute atomic E-state index is 0.306. The zero-order chi connectivity index (χ0) is 18.4. The Kier molecular flexibility index (Phi) is 4.18. The van der Waals surface area contributed by atoms with E-state index < -0.39 is 17.8 Å². The molecular weight excluding hydrogens is 323 g/mol. The zero-order valence-corrected chi connectivity index (χ0v) is 14.9. The molecule has 0 N–H and O–H groups in total. The third kappa shape index (κ3) is 3.30. The van der Waals surface area contributed by atoms with Gasteiger partial charge in [-0.3, -0.25) is 0 Å². The van der Waals surface area contributed by atoms with Gasteiger partial charge in [0, 0.05) is 11.2 Å². The molecule has 0 radical (unpaired) electrons. The maximum Gasteiger partial charge on any atom is 0.413 e. The van der Waals surface area contributed by atoms with E-state index in [9.17, 15) is 13.2 Å². The number of alkyl halides is 3. The number of benzene rings is 2. The van der Waals surface area contributed by atoms with Crippen LogP contribution in [0.1, 0.15) is 49.1 Å². The van der Waals surface area contributed by atoms with Crippen LogP contribution in [0.3, 0.4) is 0 Å². The summed E-state index contributed by atoms with van der Waals surface area (Å²) in [7, 11) is 0. The summed E-state index contributed by atoms with van der Waals surface area (Å²) in [5.74, 6) is 0. The van der Waals surface area contributed by atoms with Crippen LogP contribution in [0.5, 0.6) is 0 Å². The van der Waals surface area contributed by atoms with Crippen LogP contribution in [-0.2, 0) is 0 Å². The molecule has 2 aromatic carbocycles. The van der Waals surface area contributed by atoms with E-state index in [2.05, 4.69) is 0 Å². The van der Waals surface area contributed by atoms with Crippen LogP contribution in [0.25, 0.3) is 11.8 Å². The molecule has 1 atom stereocenters. The molecule has 0 aromatic heterocycles. The minimum atomic E-state index is -4.37. The number of hydrogen-bond acceptors (Lipinski definition) is 1. The first-order valence-electron chi connectivity index (χ1n) is 8.33. The molecule has 0 saturated carbocycles. The molecule has 1 aliphatic heterocycles. The molecule has 4 heteroatoms. The lowest BCUT2D eigenvalue weighted by Crippen LogP contribution is -2.49. The summed E-state index contributed by atoms with van der Waals surface area (Å²) in [6.45, 7) is 7.43. The van der Waals surface area contributed by atoms with Crippen molar-refractivity contribution in [2.75, 3.05) is 0 Å². The van der Waals surface area contributed by atoms with E-state index in [1.165, 1.54) is 4.90 Å². The summed E-state index contributed by atoms with van der Waals surface area (Å²) in [4.78, 5) is 1.50. The molecule has 3 rings (SSSR count). The Morgan fingerprint density at radius 3 is 2.04 bits per heavy atom. The summed E-state index contributed by atoms with van der Waals surface area (Å²) >= 11 is 0. The summed E-state index contributed by atoms with van der Waals surface area (Å²) < 4.78 is 42.3. The van der Waals surface area contributed by atoms with Gasteiger partial charge in [0.25, 0.3) is 0 Å². The van der Waals surface area contributed by atoms with E-state index in [0.29, 0.717) is 16.8 Å². The lowest BCUT2D eigenvalue weighted by molar-refractivity contribution is -0.187. The van der Waals surface area contributed by atoms with Crippen molar-refractivity contribution in [3.63, 3.8) is 0 Å². The highest BCUT2D eigenvalue weighted by atomic mass is 19.4. The van der Waals surface area contributed by atoms with E-state index in [1.807, 2.05) is 58.0 Å². The van der Waals surface area contributed by atoms with Gasteiger partial charge >= 0.3 is 6.18 Å². The molecule has 132 valence electrons. The monoisotopic (exact) mass is 345 g/mol. The molecule has 1 nitrogen and oxygen atoms in total. The fourth-order valence-electron chi connectivity index (χ4n) is 3.40. The first kappa shape index (κ1) is 17.6. The Labute approximate surface area is 146 Å². The van der Waals surface area contributed by atoms with Crippen molar-refractivity contribution in [3.8, 4) is 0 Å². The highest BCUT2D eigenvalue weighted by molar-refractivity contribution is 5.84. The van der Waals surface area contributed by atoms with Gasteiger partial charge in [0.15, 0.2) is 6.04 Å². The van der Waals surface area contributed by atoms with Gasteiger partial charge in [-0.1, -0.05) is 54.1 Å². The fraction of sp³-hybridized carbons (Fsp3) is 0.333. The van der Waals surface area contributed by atoms with Crippen LogP contribution >= 0.6 is 0 Å². The van der Waals surface area contributed by atoms with E-state index in [0.717, 1.165) is 11.1 Å². The van der Waals surface area contributed by atoms with Gasteiger partial charge in [-0.05, 0) is 50.5 Å². The molecule has 0 saturated heterocycles. The van der Waals surface area contributed by atoms with E-state index in [1.54, 1.807) is 24.3 Å². The van der Waals surface area contributed by atoms with Crippen molar-refractivity contribution in [1.29, 1.82) is 0 Å². The van der Waals surface area contributed by atoms with Crippen LogP contribution in [0.4, 0.5) is 13.2 Å². The molecule has 0 bridgehead atoms. The average molecular weight is 345 g/mol. The lowest BCUT2D eigenvalue weighted by Gasteiger charge is -2.48. The Hall–Kier alpha value is -2.23. The van der Waals surface area contributed by atoms with Crippen LogP contribution < -0.4 is 0 Å². The smallest absolute Gasteiger partial charge is 0.351 e. The SMILES string of the molecule is Cc1ccc(C2=Cc3ccccc3C(C(F)(F)F)N2C(C)(C)C)cc1.